The molecule has 0 aliphatic rings. The summed E-state index contributed by atoms with van der Waals surface area (Å²) in [6.45, 7) is 1.80. The van der Waals surface area contributed by atoms with Crippen LogP contribution in [0.3, 0.4) is 0 Å². The molecule has 0 aliphatic heterocycles. The lowest BCUT2D eigenvalue weighted by molar-refractivity contribution is 0.0564. The van der Waals surface area contributed by atoms with E-state index >= 15 is 0 Å². The van der Waals surface area contributed by atoms with E-state index in [2.05, 4.69) is 5.10 Å². The number of hydrogen-bond donors (Lipinski definition) is 1. The minimum Gasteiger partial charge on any atom is -0.497 e. The normalized spacial score (nSPS) is 14.2. The summed E-state index contributed by atoms with van der Waals surface area (Å²) in [5, 5.41) is 14.8. The molecule has 4 heteroatoms. The summed E-state index contributed by atoms with van der Waals surface area (Å²) in [5.74, 6) is 0.785. The summed E-state index contributed by atoms with van der Waals surface area (Å²) in [6, 6.07) is 9.37. The number of aromatic nitrogens is 2. The van der Waals surface area contributed by atoms with Gasteiger partial charge < -0.3 is 9.84 Å². The van der Waals surface area contributed by atoms with Gasteiger partial charge in [-0.25, -0.2) is 0 Å². The van der Waals surface area contributed by atoms with Gasteiger partial charge in [-0.05, 0) is 30.7 Å². The van der Waals surface area contributed by atoms with Gasteiger partial charge in [0.15, 0.2) is 0 Å². The Bertz CT molecular complexity index is 515. The summed E-state index contributed by atoms with van der Waals surface area (Å²) < 4.78 is 6.84. The number of aliphatic hydroxyl groups is 1. The van der Waals surface area contributed by atoms with Crippen LogP contribution in [0.1, 0.15) is 18.2 Å². The van der Waals surface area contributed by atoms with E-state index in [4.69, 9.17) is 4.74 Å². The molecule has 2 aromatic rings. The number of ether oxygens (including phenoxy) is 1. The lowest BCUT2D eigenvalue weighted by Crippen LogP contribution is -2.24. The highest BCUT2D eigenvalue weighted by molar-refractivity contribution is 5.31. The van der Waals surface area contributed by atoms with Crippen LogP contribution in [-0.4, -0.2) is 22.0 Å². The highest BCUT2D eigenvalue weighted by atomic mass is 16.5. The largest absolute Gasteiger partial charge is 0.497 e. The van der Waals surface area contributed by atoms with Crippen molar-refractivity contribution in [3.8, 4) is 5.75 Å². The molecule has 1 atom stereocenters. The molecular formula is C14H18N2O2. The molecule has 1 N–H and O–H groups in total. The van der Waals surface area contributed by atoms with Crippen molar-refractivity contribution in [3.05, 3.63) is 47.8 Å². The Labute approximate surface area is 107 Å². The summed E-state index contributed by atoms with van der Waals surface area (Å²) in [7, 11) is 3.49. The van der Waals surface area contributed by atoms with Crippen molar-refractivity contribution in [2.75, 3.05) is 7.11 Å². The van der Waals surface area contributed by atoms with Crippen molar-refractivity contribution < 1.29 is 9.84 Å². The number of hydrogen-bond acceptors (Lipinski definition) is 3. The Balaban J connectivity index is 2.18. The summed E-state index contributed by atoms with van der Waals surface area (Å²) in [5.41, 5.74) is 0.799. The highest BCUT2D eigenvalue weighted by Gasteiger charge is 2.24. The lowest BCUT2D eigenvalue weighted by Gasteiger charge is -2.23. The Morgan fingerprint density at radius 1 is 1.28 bits per heavy atom. The monoisotopic (exact) mass is 246 g/mol. The minimum atomic E-state index is -0.930. The smallest absolute Gasteiger partial charge is 0.118 e. The first-order chi connectivity index (χ1) is 8.51. The zero-order valence-corrected chi connectivity index (χ0v) is 10.9. The zero-order valence-electron chi connectivity index (χ0n) is 10.9. The first-order valence-electron chi connectivity index (χ1n) is 5.87. The SMILES string of the molecule is COc1ccc(C(C)(O)Cc2ccn(C)n2)cc1. The van der Waals surface area contributed by atoms with Crippen LogP contribution in [0.5, 0.6) is 5.75 Å². The van der Waals surface area contributed by atoms with Gasteiger partial charge in [0.1, 0.15) is 5.75 Å². The fraction of sp³-hybridized carbons (Fsp3) is 0.357. The van der Waals surface area contributed by atoms with Gasteiger partial charge in [0.2, 0.25) is 0 Å². The van der Waals surface area contributed by atoms with E-state index in [1.165, 1.54) is 0 Å². The van der Waals surface area contributed by atoms with Crippen molar-refractivity contribution in [3.63, 3.8) is 0 Å². The number of rotatable bonds is 4. The van der Waals surface area contributed by atoms with Gasteiger partial charge in [-0.2, -0.15) is 5.10 Å². The van der Waals surface area contributed by atoms with Crippen LogP contribution in [-0.2, 0) is 19.1 Å². The molecule has 96 valence electrons. The Kier molecular flexibility index (Phi) is 3.39. The van der Waals surface area contributed by atoms with E-state index in [0.29, 0.717) is 6.42 Å². The van der Waals surface area contributed by atoms with Crippen LogP contribution in [0.15, 0.2) is 36.5 Å². The summed E-state index contributed by atoms with van der Waals surface area (Å²) in [4.78, 5) is 0. The second kappa shape index (κ2) is 4.82. The Morgan fingerprint density at radius 2 is 1.94 bits per heavy atom. The summed E-state index contributed by atoms with van der Waals surface area (Å²) in [6.07, 6.45) is 2.36. The third-order valence-electron chi connectivity index (χ3n) is 3.01. The maximum Gasteiger partial charge on any atom is 0.118 e. The molecule has 4 nitrogen and oxygen atoms in total. The molecule has 0 saturated carbocycles. The Morgan fingerprint density at radius 3 is 2.44 bits per heavy atom. The third-order valence-corrected chi connectivity index (χ3v) is 3.01. The van der Waals surface area contributed by atoms with Crippen molar-refractivity contribution in [2.24, 2.45) is 7.05 Å². The fourth-order valence-electron chi connectivity index (χ4n) is 1.96. The van der Waals surface area contributed by atoms with Crippen LogP contribution >= 0.6 is 0 Å². The second-order valence-corrected chi connectivity index (χ2v) is 4.66. The van der Waals surface area contributed by atoms with Crippen LogP contribution < -0.4 is 4.74 Å². The maximum absolute atomic E-state index is 10.5. The predicted octanol–water partition coefficient (Wildman–Crippen LogP) is 1.88. The average molecular weight is 246 g/mol. The van der Waals surface area contributed by atoms with E-state index in [1.807, 2.05) is 43.6 Å². The molecule has 0 saturated heterocycles. The fourth-order valence-corrected chi connectivity index (χ4v) is 1.96. The number of methoxy groups -OCH3 is 1. The van der Waals surface area contributed by atoms with Gasteiger partial charge in [-0.15, -0.1) is 0 Å². The van der Waals surface area contributed by atoms with Gasteiger partial charge in [0.05, 0.1) is 18.4 Å². The molecule has 0 aliphatic carbocycles. The van der Waals surface area contributed by atoms with E-state index in [9.17, 15) is 5.11 Å². The number of benzene rings is 1. The molecule has 0 radical (unpaired) electrons. The van der Waals surface area contributed by atoms with Gasteiger partial charge in [-0.3, -0.25) is 4.68 Å². The molecule has 0 spiro atoms. The van der Waals surface area contributed by atoms with Crippen molar-refractivity contribution in [1.82, 2.24) is 9.78 Å². The van der Waals surface area contributed by atoms with E-state index in [0.717, 1.165) is 17.0 Å². The van der Waals surface area contributed by atoms with Gasteiger partial charge in [0.25, 0.3) is 0 Å². The van der Waals surface area contributed by atoms with Crippen LogP contribution in [0.25, 0.3) is 0 Å². The van der Waals surface area contributed by atoms with Crippen molar-refractivity contribution >= 4 is 0 Å². The maximum atomic E-state index is 10.5. The van der Waals surface area contributed by atoms with Crippen LogP contribution in [0.4, 0.5) is 0 Å². The first-order valence-corrected chi connectivity index (χ1v) is 5.87. The van der Waals surface area contributed by atoms with Crippen molar-refractivity contribution in [1.29, 1.82) is 0 Å². The summed E-state index contributed by atoms with van der Waals surface area (Å²) >= 11 is 0. The molecule has 18 heavy (non-hydrogen) atoms. The molecule has 0 amide bonds. The topological polar surface area (TPSA) is 47.3 Å². The van der Waals surface area contributed by atoms with E-state index in [-0.39, 0.29) is 0 Å². The standard InChI is InChI=1S/C14H18N2O2/c1-14(17,10-12-8-9-16(2)15-12)11-4-6-13(18-3)7-5-11/h4-9,17H,10H2,1-3H3. The molecule has 1 unspecified atom stereocenters. The zero-order chi connectivity index (χ0) is 13.2. The van der Waals surface area contributed by atoms with Crippen molar-refractivity contribution in [2.45, 2.75) is 18.9 Å². The number of nitrogens with zero attached hydrogens (tertiary/aromatic N) is 2. The van der Waals surface area contributed by atoms with Crippen LogP contribution in [0.2, 0.25) is 0 Å². The van der Waals surface area contributed by atoms with Crippen LogP contribution in [0, 0.1) is 0 Å². The highest BCUT2D eigenvalue weighted by Crippen LogP contribution is 2.26. The van der Waals surface area contributed by atoms with E-state index < -0.39 is 5.60 Å². The minimum absolute atomic E-state index is 0.486. The second-order valence-electron chi connectivity index (χ2n) is 4.66. The lowest BCUT2D eigenvalue weighted by atomic mass is 9.91. The molecule has 0 bridgehead atoms. The molecule has 1 aromatic carbocycles. The van der Waals surface area contributed by atoms with E-state index in [1.54, 1.807) is 18.7 Å². The first kappa shape index (κ1) is 12.6. The molecule has 2 rings (SSSR count). The van der Waals surface area contributed by atoms with Gasteiger partial charge >= 0.3 is 0 Å². The molecule has 1 heterocycles. The quantitative estimate of drug-likeness (QED) is 0.896. The molecule has 0 fully saturated rings. The number of aryl methyl sites for hydroxylation is 1. The third kappa shape index (κ3) is 2.71. The van der Waals surface area contributed by atoms with Gasteiger partial charge in [0, 0.05) is 19.7 Å². The Hall–Kier alpha value is -1.81. The van der Waals surface area contributed by atoms with Gasteiger partial charge in [-0.1, -0.05) is 12.1 Å². The average Bonchev–Trinajstić information content (AvgIpc) is 2.74. The molecular weight excluding hydrogens is 228 g/mol. The predicted molar refractivity (Wildman–Crippen MR) is 69.5 cm³/mol. The molecule has 1 aromatic heterocycles.